The molecule has 1 aliphatic rings. The lowest BCUT2D eigenvalue weighted by molar-refractivity contribution is 0.0183. The van der Waals surface area contributed by atoms with Crippen molar-refractivity contribution in [1.82, 2.24) is 19.9 Å². The van der Waals surface area contributed by atoms with Crippen molar-refractivity contribution in [3.63, 3.8) is 0 Å². The van der Waals surface area contributed by atoms with Gasteiger partial charge in [-0.3, -0.25) is 0 Å². The fourth-order valence-electron chi connectivity index (χ4n) is 2.86. The van der Waals surface area contributed by atoms with Crippen LogP contribution in [-0.4, -0.2) is 40.3 Å². The van der Waals surface area contributed by atoms with Crippen molar-refractivity contribution in [1.29, 1.82) is 0 Å². The van der Waals surface area contributed by atoms with E-state index in [1.807, 2.05) is 12.3 Å². The zero-order valence-corrected chi connectivity index (χ0v) is 12.3. The van der Waals surface area contributed by atoms with Crippen LogP contribution in [0.4, 0.5) is 0 Å². The first-order valence-electron chi connectivity index (χ1n) is 7.57. The topological polar surface area (TPSA) is 52.0 Å². The second-order valence-electron chi connectivity index (χ2n) is 5.59. The highest BCUT2D eigenvalue weighted by atomic mass is 16.5. The van der Waals surface area contributed by atoms with E-state index in [2.05, 4.69) is 50.4 Å². The number of morpholine rings is 1. The maximum atomic E-state index is 5.75. The summed E-state index contributed by atoms with van der Waals surface area (Å²) in [5.74, 6) is 0. The molecule has 1 aliphatic heterocycles. The molecule has 1 N–H and O–H groups in total. The fourth-order valence-corrected chi connectivity index (χ4v) is 2.86. The first kappa shape index (κ1) is 13.4. The maximum absolute atomic E-state index is 5.75. The Labute approximate surface area is 129 Å². The lowest BCUT2D eigenvalue weighted by Gasteiger charge is -2.23. The van der Waals surface area contributed by atoms with Crippen LogP contribution in [-0.2, 0) is 11.3 Å². The smallest absolute Gasteiger partial charge is 0.116 e. The molecule has 0 saturated carbocycles. The van der Waals surface area contributed by atoms with Gasteiger partial charge in [0.15, 0.2) is 0 Å². The van der Waals surface area contributed by atoms with Crippen molar-refractivity contribution < 1.29 is 4.74 Å². The zero-order chi connectivity index (χ0) is 14.8. The van der Waals surface area contributed by atoms with Gasteiger partial charge in [0.1, 0.15) is 6.33 Å². The van der Waals surface area contributed by atoms with Crippen LogP contribution >= 0.6 is 0 Å². The highest BCUT2D eigenvalue weighted by Crippen LogP contribution is 2.23. The predicted molar refractivity (Wildman–Crippen MR) is 85.6 cm³/mol. The summed E-state index contributed by atoms with van der Waals surface area (Å²) in [7, 11) is 0. The monoisotopic (exact) mass is 294 g/mol. The number of ether oxygens (including phenoxy) is 1. The molecule has 3 heterocycles. The molecule has 1 saturated heterocycles. The highest BCUT2D eigenvalue weighted by Gasteiger charge is 2.13. The second kappa shape index (κ2) is 5.87. The van der Waals surface area contributed by atoms with E-state index in [-0.39, 0.29) is 6.10 Å². The number of nitrogens with one attached hydrogen (secondary N) is 1. The second-order valence-corrected chi connectivity index (χ2v) is 5.59. The van der Waals surface area contributed by atoms with Gasteiger partial charge in [0.05, 0.1) is 18.2 Å². The largest absolute Gasteiger partial charge is 0.374 e. The van der Waals surface area contributed by atoms with Crippen LogP contribution < -0.4 is 5.32 Å². The normalized spacial score (nSPS) is 18.6. The van der Waals surface area contributed by atoms with Crippen LogP contribution in [0.1, 0.15) is 0 Å². The number of fused-ring (bicyclic) bond motifs is 1. The Hall–Kier alpha value is -2.24. The van der Waals surface area contributed by atoms with Gasteiger partial charge < -0.3 is 14.6 Å². The predicted octanol–water partition coefficient (Wildman–Crippen LogP) is 2.09. The minimum atomic E-state index is 0.249. The third kappa shape index (κ3) is 2.73. The van der Waals surface area contributed by atoms with Gasteiger partial charge in [-0.2, -0.15) is 0 Å². The molecule has 1 unspecified atom stereocenters. The van der Waals surface area contributed by atoms with E-state index in [4.69, 9.17) is 4.74 Å². The van der Waals surface area contributed by atoms with Gasteiger partial charge in [0.2, 0.25) is 0 Å². The number of aromatic nitrogens is 3. The zero-order valence-electron chi connectivity index (χ0n) is 12.3. The molecule has 0 aliphatic carbocycles. The summed E-state index contributed by atoms with van der Waals surface area (Å²) in [6, 6.07) is 8.42. The average molecular weight is 294 g/mol. The Morgan fingerprint density at radius 2 is 2.27 bits per heavy atom. The van der Waals surface area contributed by atoms with Gasteiger partial charge in [-0.15, -0.1) is 0 Å². The van der Waals surface area contributed by atoms with Crippen molar-refractivity contribution in [2.75, 3.05) is 19.7 Å². The number of benzene rings is 1. The Kier molecular flexibility index (Phi) is 3.58. The van der Waals surface area contributed by atoms with E-state index in [0.717, 1.165) is 37.1 Å². The molecule has 2 aromatic heterocycles. The molecule has 22 heavy (non-hydrogen) atoms. The summed E-state index contributed by atoms with van der Waals surface area (Å²) in [5, 5.41) is 4.42. The molecule has 3 aromatic rings. The van der Waals surface area contributed by atoms with Gasteiger partial charge in [-0.25, -0.2) is 9.97 Å². The van der Waals surface area contributed by atoms with Crippen LogP contribution in [0.15, 0.2) is 49.2 Å². The lowest BCUT2D eigenvalue weighted by Crippen LogP contribution is -2.40. The summed E-state index contributed by atoms with van der Waals surface area (Å²) in [4.78, 5) is 8.35. The molecule has 112 valence electrons. The molecule has 1 fully saturated rings. The number of hydrogen-bond donors (Lipinski definition) is 1. The van der Waals surface area contributed by atoms with E-state index < -0.39 is 0 Å². The van der Waals surface area contributed by atoms with Crippen molar-refractivity contribution in [3.05, 3.63) is 49.2 Å². The molecule has 5 heteroatoms. The van der Waals surface area contributed by atoms with E-state index >= 15 is 0 Å². The van der Waals surface area contributed by atoms with Crippen LogP contribution in [0.2, 0.25) is 0 Å². The number of rotatable bonds is 3. The van der Waals surface area contributed by atoms with Crippen molar-refractivity contribution in [3.8, 4) is 11.1 Å². The summed E-state index contributed by atoms with van der Waals surface area (Å²) in [6.07, 6.45) is 7.96. The Balaban J connectivity index is 1.56. The molecular weight excluding hydrogens is 276 g/mol. The molecule has 1 atom stereocenters. The van der Waals surface area contributed by atoms with Crippen LogP contribution in [0.3, 0.4) is 0 Å². The lowest BCUT2D eigenvalue weighted by atomic mass is 10.1. The fraction of sp³-hybridized carbons (Fsp3) is 0.294. The van der Waals surface area contributed by atoms with E-state index in [0.29, 0.717) is 0 Å². The average Bonchev–Trinajstić information content (AvgIpc) is 3.04. The molecule has 0 spiro atoms. The van der Waals surface area contributed by atoms with Crippen LogP contribution in [0.25, 0.3) is 22.0 Å². The van der Waals surface area contributed by atoms with E-state index in [1.54, 1.807) is 6.33 Å². The first-order valence-corrected chi connectivity index (χ1v) is 7.57. The van der Waals surface area contributed by atoms with Gasteiger partial charge in [0, 0.05) is 43.6 Å². The molecule has 0 amide bonds. The van der Waals surface area contributed by atoms with E-state index in [9.17, 15) is 0 Å². The summed E-state index contributed by atoms with van der Waals surface area (Å²) < 4.78 is 7.95. The molecule has 0 radical (unpaired) electrons. The van der Waals surface area contributed by atoms with Crippen LogP contribution in [0.5, 0.6) is 0 Å². The Bertz CT molecular complexity index is 777. The minimum Gasteiger partial charge on any atom is -0.374 e. The molecular formula is C17H18N4O. The summed E-state index contributed by atoms with van der Waals surface area (Å²) in [6.45, 7) is 3.54. The summed E-state index contributed by atoms with van der Waals surface area (Å²) in [5.41, 5.74) is 3.36. The van der Waals surface area contributed by atoms with Gasteiger partial charge in [0.25, 0.3) is 0 Å². The third-order valence-electron chi connectivity index (χ3n) is 4.01. The van der Waals surface area contributed by atoms with Gasteiger partial charge in [-0.05, 0) is 29.3 Å². The number of nitrogens with zero attached hydrogens (tertiary/aromatic N) is 3. The Morgan fingerprint density at radius 1 is 1.27 bits per heavy atom. The van der Waals surface area contributed by atoms with Gasteiger partial charge >= 0.3 is 0 Å². The summed E-state index contributed by atoms with van der Waals surface area (Å²) >= 11 is 0. The van der Waals surface area contributed by atoms with Crippen molar-refractivity contribution in [2.45, 2.75) is 12.6 Å². The number of hydrogen-bond acceptors (Lipinski definition) is 4. The molecule has 0 bridgehead atoms. The quantitative estimate of drug-likeness (QED) is 0.803. The molecule has 4 rings (SSSR count). The van der Waals surface area contributed by atoms with Crippen molar-refractivity contribution >= 4 is 10.9 Å². The molecule has 5 nitrogen and oxygen atoms in total. The van der Waals surface area contributed by atoms with Crippen LogP contribution in [0, 0.1) is 0 Å². The molecule has 1 aromatic carbocycles. The minimum absolute atomic E-state index is 0.249. The van der Waals surface area contributed by atoms with E-state index in [1.165, 1.54) is 11.1 Å². The first-order chi connectivity index (χ1) is 10.9. The van der Waals surface area contributed by atoms with Gasteiger partial charge in [-0.1, -0.05) is 6.07 Å². The highest BCUT2D eigenvalue weighted by molar-refractivity contribution is 5.83. The Morgan fingerprint density at radius 3 is 3.18 bits per heavy atom. The SMILES string of the molecule is c1ncc2cc(-c3ccn(CC4CNCCO4)c3)ccc2n1. The third-order valence-corrected chi connectivity index (χ3v) is 4.01. The standard InChI is InChI=1S/C17H18N4O/c1-2-17-15(8-19-12-20-17)7-13(1)14-3-5-21(10-14)11-16-9-18-4-6-22-16/h1-3,5,7-8,10,12,16,18H,4,6,9,11H2. The maximum Gasteiger partial charge on any atom is 0.116 e. The van der Waals surface area contributed by atoms with Crippen molar-refractivity contribution in [2.24, 2.45) is 0 Å².